The molecule has 0 bridgehead atoms. The summed E-state index contributed by atoms with van der Waals surface area (Å²) in [6, 6.07) is 6.16. The summed E-state index contributed by atoms with van der Waals surface area (Å²) in [5.74, 6) is -0.314. The highest BCUT2D eigenvalue weighted by Crippen LogP contribution is 2.21. The van der Waals surface area contributed by atoms with Crippen LogP contribution in [0.2, 0.25) is 0 Å². The monoisotopic (exact) mass is 357 g/mol. The predicted molar refractivity (Wildman–Crippen MR) is 90.2 cm³/mol. The Morgan fingerprint density at radius 2 is 1.71 bits per heavy atom. The third-order valence-electron chi connectivity index (χ3n) is 4.30. The molecule has 1 aromatic rings. The molecule has 2 rings (SSSR count). The highest BCUT2D eigenvalue weighted by atomic mass is 32.2. The van der Waals surface area contributed by atoms with E-state index in [0.29, 0.717) is 32.6 Å². The topological polar surface area (TPSA) is 60.9 Å². The smallest absolute Gasteiger partial charge is 0.281 e. The number of carbonyl (C=O) groups is 1. The predicted octanol–water partition coefficient (Wildman–Crippen LogP) is 1.27. The number of rotatable bonds is 5. The van der Waals surface area contributed by atoms with E-state index in [1.54, 1.807) is 17.0 Å². The quantitative estimate of drug-likeness (QED) is 0.797. The lowest BCUT2D eigenvalue weighted by Gasteiger charge is -2.35. The molecule has 134 valence electrons. The second-order valence-corrected chi connectivity index (χ2v) is 8.37. The van der Waals surface area contributed by atoms with Gasteiger partial charge < -0.3 is 4.90 Å². The van der Waals surface area contributed by atoms with Crippen molar-refractivity contribution in [1.82, 2.24) is 13.5 Å². The summed E-state index contributed by atoms with van der Waals surface area (Å²) in [5.41, 5.74) is 0.915. The molecule has 1 amide bonds. The maximum atomic E-state index is 13.0. The molecular weight excluding hydrogens is 333 g/mol. The molecule has 0 saturated carbocycles. The summed E-state index contributed by atoms with van der Waals surface area (Å²) in [6.07, 6.45) is 0.325. The lowest BCUT2D eigenvalue weighted by molar-refractivity contribution is -0.132. The molecular formula is C16H24FN3O3S. The Bertz CT molecular complexity index is 668. The molecule has 1 unspecified atom stereocenters. The van der Waals surface area contributed by atoms with E-state index in [2.05, 4.69) is 0 Å². The first-order valence-electron chi connectivity index (χ1n) is 7.92. The average Bonchev–Trinajstić information content (AvgIpc) is 2.55. The van der Waals surface area contributed by atoms with Crippen molar-refractivity contribution in [3.63, 3.8) is 0 Å². The third kappa shape index (κ3) is 4.31. The van der Waals surface area contributed by atoms with Gasteiger partial charge in [-0.05, 0) is 23.6 Å². The van der Waals surface area contributed by atoms with Gasteiger partial charge in [-0.15, -0.1) is 0 Å². The molecule has 0 spiro atoms. The van der Waals surface area contributed by atoms with Crippen LogP contribution >= 0.6 is 0 Å². The van der Waals surface area contributed by atoms with Gasteiger partial charge in [-0.1, -0.05) is 19.1 Å². The number of amides is 1. The highest BCUT2D eigenvalue weighted by molar-refractivity contribution is 7.86. The van der Waals surface area contributed by atoms with Gasteiger partial charge in [0.05, 0.1) is 0 Å². The number of benzene rings is 1. The summed E-state index contributed by atoms with van der Waals surface area (Å²) in [5, 5.41) is 0. The Morgan fingerprint density at radius 3 is 2.21 bits per heavy atom. The van der Waals surface area contributed by atoms with Crippen molar-refractivity contribution >= 4 is 16.1 Å². The molecule has 0 aromatic heterocycles. The Morgan fingerprint density at radius 1 is 1.17 bits per heavy atom. The van der Waals surface area contributed by atoms with Crippen molar-refractivity contribution in [2.75, 3.05) is 40.3 Å². The lowest BCUT2D eigenvalue weighted by atomic mass is 9.97. The Hall–Kier alpha value is -1.51. The first-order chi connectivity index (χ1) is 11.2. The van der Waals surface area contributed by atoms with Gasteiger partial charge in [0.15, 0.2) is 0 Å². The maximum Gasteiger partial charge on any atom is 0.281 e. The fourth-order valence-electron chi connectivity index (χ4n) is 2.70. The number of hydrogen-bond acceptors (Lipinski definition) is 3. The lowest BCUT2D eigenvalue weighted by Crippen LogP contribution is -2.53. The van der Waals surface area contributed by atoms with Crippen molar-refractivity contribution in [3.8, 4) is 0 Å². The molecule has 6 nitrogen and oxygen atoms in total. The zero-order valence-electron chi connectivity index (χ0n) is 14.3. The van der Waals surface area contributed by atoms with Crippen LogP contribution in [0.4, 0.5) is 4.39 Å². The van der Waals surface area contributed by atoms with E-state index >= 15 is 0 Å². The summed E-state index contributed by atoms with van der Waals surface area (Å²) in [7, 11) is -0.432. The number of piperazine rings is 1. The fraction of sp³-hybridized carbons (Fsp3) is 0.562. The second kappa shape index (κ2) is 7.58. The van der Waals surface area contributed by atoms with Crippen molar-refractivity contribution in [1.29, 1.82) is 0 Å². The third-order valence-corrected chi connectivity index (χ3v) is 6.24. The van der Waals surface area contributed by atoms with Crippen LogP contribution in [0.25, 0.3) is 0 Å². The molecule has 0 radical (unpaired) electrons. The molecule has 24 heavy (non-hydrogen) atoms. The van der Waals surface area contributed by atoms with Gasteiger partial charge in [0.25, 0.3) is 10.2 Å². The summed E-state index contributed by atoms with van der Waals surface area (Å²) in [4.78, 5) is 14.1. The van der Waals surface area contributed by atoms with Crippen molar-refractivity contribution < 1.29 is 17.6 Å². The van der Waals surface area contributed by atoms with E-state index in [4.69, 9.17) is 0 Å². The molecule has 1 fully saturated rings. The fourth-order valence-corrected chi connectivity index (χ4v) is 3.79. The molecule has 1 heterocycles. The minimum absolute atomic E-state index is 0.00581. The van der Waals surface area contributed by atoms with Gasteiger partial charge >= 0.3 is 0 Å². The number of nitrogens with zero attached hydrogens (tertiary/aromatic N) is 3. The Balaban J connectivity index is 1.90. The first kappa shape index (κ1) is 18.8. The molecule has 0 aliphatic carbocycles. The highest BCUT2D eigenvalue weighted by Gasteiger charge is 2.30. The molecule has 1 atom stereocenters. The van der Waals surface area contributed by atoms with E-state index in [1.807, 2.05) is 6.92 Å². The average molecular weight is 357 g/mol. The summed E-state index contributed by atoms with van der Waals surface area (Å²) in [6.45, 7) is 3.32. The van der Waals surface area contributed by atoms with Crippen LogP contribution in [0, 0.1) is 5.82 Å². The maximum absolute atomic E-state index is 13.0. The number of carbonyl (C=O) groups excluding carboxylic acids is 1. The molecule has 1 aromatic carbocycles. The van der Waals surface area contributed by atoms with Gasteiger partial charge in [0.1, 0.15) is 5.82 Å². The van der Waals surface area contributed by atoms with E-state index in [9.17, 15) is 17.6 Å². The molecule has 0 N–H and O–H groups in total. The van der Waals surface area contributed by atoms with E-state index in [1.165, 1.54) is 34.8 Å². The van der Waals surface area contributed by atoms with Crippen LogP contribution < -0.4 is 0 Å². The van der Waals surface area contributed by atoms with Crippen molar-refractivity contribution in [2.45, 2.75) is 19.3 Å². The van der Waals surface area contributed by atoms with Crippen LogP contribution in [-0.2, 0) is 15.0 Å². The van der Waals surface area contributed by atoms with Crippen LogP contribution in [-0.4, -0.2) is 68.1 Å². The zero-order valence-corrected chi connectivity index (χ0v) is 15.1. The Labute approximate surface area is 143 Å². The van der Waals surface area contributed by atoms with Gasteiger partial charge in [0, 0.05) is 46.7 Å². The SMILES string of the molecule is CC(CC(=O)N1CCN(S(=O)(=O)N(C)C)CC1)c1ccc(F)cc1. The minimum atomic E-state index is -3.43. The van der Waals surface area contributed by atoms with Crippen molar-refractivity contribution in [2.24, 2.45) is 0 Å². The minimum Gasteiger partial charge on any atom is -0.340 e. The zero-order chi connectivity index (χ0) is 17.9. The largest absolute Gasteiger partial charge is 0.340 e. The van der Waals surface area contributed by atoms with E-state index < -0.39 is 10.2 Å². The van der Waals surface area contributed by atoms with Gasteiger partial charge in [-0.25, -0.2) is 4.39 Å². The summed E-state index contributed by atoms with van der Waals surface area (Å²) >= 11 is 0. The van der Waals surface area contributed by atoms with E-state index in [-0.39, 0.29) is 17.6 Å². The first-order valence-corrected chi connectivity index (χ1v) is 9.32. The molecule has 1 saturated heterocycles. The van der Waals surface area contributed by atoms with Gasteiger partial charge in [-0.3, -0.25) is 4.79 Å². The number of halogens is 1. The normalized spacial score (nSPS) is 18.0. The van der Waals surface area contributed by atoms with Crippen LogP contribution in [0.5, 0.6) is 0 Å². The van der Waals surface area contributed by atoms with Crippen molar-refractivity contribution in [3.05, 3.63) is 35.6 Å². The van der Waals surface area contributed by atoms with Crippen LogP contribution in [0.3, 0.4) is 0 Å². The van der Waals surface area contributed by atoms with E-state index in [0.717, 1.165) is 5.56 Å². The van der Waals surface area contributed by atoms with Crippen LogP contribution in [0.1, 0.15) is 24.8 Å². The molecule has 1 aliphatic heterocycles. The second-order valence-electron chi connectivity index (χ2n) is 6.23. The van der Waals surface area contributed by atoms with Gasteiger partial charge in [0.2, 0.25) is 5.91 Å². The summed E-state index contributed by atoms with van der Waals surface area (Å²) < 4.78 is 39.7. The standard InChI is InChI=1S/C16H24FN3O3S/c1-13(14-4-6-15(17)7-5-14)12-16(21)19-8-10-20(11-9-19)24(22,23)18(2)3/h4-7,13H,8-12H2,1-3H3. The Kier molecular flexibility index (Phi) is 5.95. The molecule has 8 heteroatoms. The number of hydrogen-bond donors (Lipinski definition) is 0. The van der Waals surface area contributed by atoms with Gasteiger partial charge in [-0.2, -0.15) is 17.0 Å². The molecule has 1 aliphatic rings. The van der Waals surface area contributed by atoms with Crippen LogP contribution in [0.15, 0.2) is 24.3 Å².